The van der Waals surface area contributed by atoms with Gasteiger partial charge in [0.25, 0.3) is 0 Å². The van der Waals surface area contributed by atoms with Crippen molar-refractivity contribution in [2.24, 2.45) is 0 Å². The van der Waals surface area contributed by atoms with Crippen molar-refractivity contribution in [2.45, 2.75) is 6.54 Å². The summed E-state index contributed by atoms with van der Waals surface area (Å²) in [6, 6.07) is 4.56. The highest BCUT2D eigenvalue weighted by atomic mass is 35.5. The molecule has 1 rings (SSSR count). The Hall–Kier alpha value is -1.33. The second kappa shape index (κ2) is 7.18. The van der Waals surface area contributed by atoms with Gasteiger partial charge in [0.15, 0.2) is 0 Å². The Labute approximate surface area is 111 Å². The van der Waals surface area contributed by atoms with E-state index in [0.717, 1.165) is 0 Å². The first-order chi connectivity index (χ1) is 8.52. The minimum Gasteiger partial charge on any atom is -0.337 e. The number of nitrogens with one attached hydrogen (secondary N) is 2. The maximum atomic E-state index is 13.1. The van der Waals surface area contributed by atoms with Crippen molar-refractivity contribution in [1.29, 1.82) is 0 Å². The van der Waals surface area contributed by atoms with Gasteiger partial charge in [-0.1, -0.05) is 23.7 Å². The van der Waals surface area contributed by atoms with Crippen molar-refractivity contribution in [3.05, 3.63) is 34.6 Å². The Balaban J connectivity index is 2.26. The summed E-state index contributed by atoms with van der Waals surface area (Å²) >= 11 is 5.81. The lowest BCUT2D eigenvalue weighted by Gasteiger charge is -2.12. The number of urea groups is 1. The Bertz CT molecular complexity index is 412. The molecule has 18 heavy (non-hydrogen) atoms. The fourth-order valence-electron chi connectivity index (χ4n) is 1.32. The van der Waals surface area contributed by atoms with Gasteiger partial charge < -0.3 is 15.5 Å². The van der Waals surface area contributed by atoms with E-state index in [4.69, 9.17) is 11.6 Å². The maximum absolute atomic E-state index is 13.1. The van der Waals surface area contributed by atoms with Crippen LogP contribution in [0.2, 0.25) is 5.02 Å². The Morgan fingerprint density at radius 1 is 1.39 bits per heavy atom. The number of benzene rings is 1. The van der Waals surface area contributed by atoms with Crippen LogP contribution in [0.25, 0.3) is 0 Å². The third-order valence-electron chi connectivity index (χ3n) is 2.33. The number of hydrogen-bond donors (Lipinski definition) is 2. The minimum atomic E-state index is -0.420. The van der Waals surface area contributed by atoms with Crippen molar-refractivity contribution in [1.82, 2.24) is 15.5 Å². The lowest BCUT2D eigenvalue weighted by Crippen LogP contribution is -2.38. The Morgan fingerprint density at radius 2 is 2.11 bits per heavy atom. The third-order valence-corrected chi connectivity index (χ3v) is 2.75. The number of hydrogen-bond acceptors (Lipinski definition) is 2. The van der Waals surface area contributed by atoms with Gasteiger partial charge in [0.1, 0.15) is 5.82 Å². The molecule has 0 atom stereocenters. The van der Waals surface area contributed by atoms with Crippen LogP contribution >= 0.6 is 11.6 Å². The molecule has 0 saturated carbocycles. The molecule has 0 aliphatic heterocycles. The Kier molecular flexibility index (Phi) is 5.88. The molecule has 100 valence electrons. The van der Waals surface area contributed by atoms with Crippen LogP contribution in [0.5, 0.6) is 0 Å². The van der Waals surface area contributed by atoms with Crippen LogP contribution in [0.15, 0.2) is 18.2 Å². The molecule has 0 spiro atoms. The molecule has 4 nitrogen and oxygen atoms in total. The summed E-state index contributed by atoms with van der Waals surface area (Å²) in [4.78, 5) is 12.7. The molecular weight excluding hydrogens is 257 g/mol. The number of carbonyl (C=O) groups is 1. The zero-order valence-electron chi connectivity index (χ0n) is 10.5. The van der Waals surface area contributed by atoms with Gasteiger partial charge in [0, 0.05) is 33.7 Å². The van der Waals surface area contributed by atoms with Gasteiger partial charge in [0.2, 0.25) is 0 Å². The SMILES string of the molecule is CN(C)C(=O)NCCNCc1cccc(F)c1Cl. The first-order valence-corrected chi connectivity index (χ1v) is 5.99. The van der Waals surface area contributed by atoms with E-state index in [-0.39, 0.29) is 11.1 Å². The first kappa shape index (κ1) is 14.7. The summed E-state index contributed by atoms with van der Waals surface area (Å²) in [6.07, 6.45) is 0. The fourth-order valence-corrected chi connectivity index (χ4v) is 1.52. The normalized spacial score (nSPS) is 10.2. The van der Waals surface area contributed by atoms with Crippen LogP contribution < -0.4 is 10.6 Å². The van der Waals surface area contributed by atoms with E-state index < -0.39 is 5.82 Å². The summed E-state index contributed by atoms with van der Waals surface area (Å²) in [6.45, 7) is 1.56. The van der Waals surface area contributed by atoms with E-state index in [1.54, 1.807) is 26.2 Å². The number of rotatable bonds is 5. The number of nitrogens with zero attached hydrogens (tertiary/aromatic N) is 1. The maximum Gasteiger partial charge on any atom is 0.316 e. The molecule has 0 aliphatic rings. The van der Waals surface area contributed by atoms with Crippen LogP contribution in [0.4, 0.5) is 9.18 Å². The lowest BCUT2D eigenvalue weighted by molar-refractivity contribution is 0.217. The zero-order chi connectivity index (χ0) is 13.5. The number of amides is 2. The molecule has 0 fully saturated rings. The van der Waals surface area contributed by atoms with Crippen LogP contribution in [0.3, 0.4) is 0 Å². The summed E-state index contributed by atoms with van der Waals surface area (Å²) in [5.74, 6) is -0.420. The molecule has 0 bridgehead atoms. The van der Waals surface area contributed by atoms with E-state index in [0.29, 0.717) is 25.2 Å². The van der Waals surface area contributed by atoms with Crippen molar-refractivity contribution < 1.29 is 9.18 Å². The van der Waals surface area contributed by atoms with Crippen LogP contribution in [-0.2, 0) is 6.54 Å². The van der Waals surface area contributed by atoms with Gasteiger partial charge in [-0.2, -0.15) is 0 Å². The molecule has 0 unspecified atom stereocenters. The van der Waals surface area contributed by atoms with E-state index in [1.165, 1.54) is 11.0 Å². The highest BCUT2D eigenvalue weighted by Crippen LogP contribution is 2.18. The van der Waals surface area contributed by atoms with Crippen molar-refractivity contribution >= 4 is 17.6 Å². The summed E-state index contributed by atoms with van der Waals surface area (Å²) in [5.41, 5.74) is 0.704. The van der Waals surface area contributed by atoms with Crippen molar-refractivity contribution in [2.75, 3.05) is 27.2 Å². The van der Waals surface area contributed by atoms with Gasteiger partial charge in [-0.15, -0.1) is 0 Å². The molecule has 2 amide bonds. The van der Waals surface area contributed by atoms with Crippen molar-refractivity contribution in [3.8, 4) is 0 Å². The van der Waals surface area contributed by atoms with E-state index in [1.807, 2.05) is 0 Å². The molecule has 6 heteroatoms. The van der Waals surface area contributed by atoms with E-state index in [9.17, 15) is 9.18 Å². The average Bonchev–Trinajstić information content (AvgIpc) is 2.33. The summed E-state index contributed by atoms with van der Waals surface area (Å²) in [5, 5.41) is 5.93. The fraction of sp³-hybridized carbons (Fsp3) is 0.417. The second-order valence-corrected chi connectivity index (χ2v) is 4.39. The highest BCUT2D eigenvalue weighted by molar-refractivity contribution is 6.31. The second-order valence-electron chi connectivity index (χ2n) is 4.02. The van der Waals surface area contributed by atoms with Gasteiger partial charge >= 0.3 is 6.03 Å². The lowest BCUT2D eigenvalue weighted by atomic mass is 10.2. The highest BCUT2D eigenvalue weighted by Gasteiger charge is 2.05. The van der Waals surface area contributed by atoms with Gasteiger partial charge in [-0.25, -0.2) is 9.18 Å². The van der Waals surface area contributed by atoms with Crippen molar-refractivity contribution in [3.63, 3.8) is 0 Å². The monoisotopic (exact) mass is 273 g/mol. The first-order valence-electron chi connectivity index (χ1n) is 5.61. The molecule has 0 radical (unpaired) electrons. The summed E-state index contributed by atoms with van der Waals surface area (Å²) < 4.78 is 13.1. The molecule has 0 heterocycles. The molecule has 1 aromatic rings. The van der Waals surface area contributed by atoms with Crippen LogP contribution in [0.1, 0.15) is 5.56 Å². The molecule has 2 N–H and O–H groups in total. The molecule has 1 aromatic carbocycles. The third kappa shape index (κ3) is 4.50. The standard InChI is InChI=1S/C12H17ClFN3O/c1-17(2)12(18)16-7-6-15-8-9-4-3-5-10(14)11(9)13/h3-5,15H,6-8H2,1-2H3,(H,16,18). The van der Waals surface area contributed by atoms with Crippen LogP contribution in [-0.4, -0.2) is 38.1 Å². The average molecular weight is 274 g/mol. The van der Waals surface area contributed by atoms with Crippen LogP contribution in [0, 0.1) is 5.82 Å². The topological polar surface area (TPSA) is 44.4 Å². The Morgan fingerprint density at radius 3 is 2.78 bits per heavy atom. The van der Waals surface area contributed by atoms with Gasteiger partial charge in [-0.3, -0.25) is 0 Å². The quantitative estimate of drug-likeness (QED) is 0.804. The van der Waals surface area contributed by atoms with Gasteiger partial charge in [-0.05, 0) is 11.6 Å². The smallest absolute Gasteiger partial charge is 0.316 e. The number of carbonyl (C=O) groups excluding carboxylic acids is 1. The van der Waals surface area contributed by atoms with E-state index in [2.05, 4.69) is 10.6 Å². The summed E-state index contributed by atoms with van der Waals surface area (Å²) in [7, 11) is 3.35. The van der Waals surface area contributed by atoms with Gasteiger partial charge in [0.05, 0.1) is 5.02 Å². The molecule has 0 saturated heterocycles. The largest absolute Gasteiger partial charge is 0.337 e. The van der Waals surface area contributed by atoms with E-state index >= 15 is 0 Å². The molecule has 0 aliphatic carbocycles. The predicted molar refractivity (Wildman–Crippen MR) is 70.2 cm³/mol. The zero-order valence-corrected chi connectivity index (χ0v) is 11.2. The molecular formula is C12H17ClFN3O. The predicted octanol–water partition coefficient (Wildman–Crippen LogP) is 1.84. The minimum absolute atomic E-state index is 0.138. The number of halogens is 2. The molecule has 0 aromatic heterocycles.